The number of hydrogen-bond acceptors (Lipinski definition) is 5. The topological polar surface area (TPSA) is 71.7 Å². The molecule has 5 heteroatoms. The summed E-state index contributed by atoms with van der Waals surface area (Å²) >= 11 is 0. The van der Waals surface area contributed by atoms with Crippen LogP contribution in [-0.4, -0.2) is 31.3 Å². The lowest BCUT2D eigenvalue weighted by molar-refractivity contribution is 0.0315. The molecule has 0 aromatic carbocycles. The van der Waals surface area contributed by atoms with Crippen LogP contribution in [0.2, 0.25) is 0 Å². The Morgan fingerprint density at radius 1 is 1.67 bits per heavy atom. The van der Waals surface area contributed by atoms with Crippen LogP contribution in [0.5, 0.6) is 0 Å². The van der Waals surface area contributed by atoms with E-state index >= 15 is 0 Å². The van der Waals surface area contributed by atoms with Gasteiger partial charge in [-0.1, -0.05) is 0 Å². The fourth-order valence-electron chi connectivity index (χ4n) is 1.69. The highest BCUT2D eigenvalue weighted by Crippen LogP contribution is 2.29. The van der Waals surface area contributed by atoms with E-state index in [1.807, 2.05) is 0 Å². The van der Waals surface area contributed by atoms with Crippen LogP contribution >= 0.6 is 0 Å². The zero-order chi connectivity index (χ0) is 10.9. The van der Waals surface area contributed by atoms with Crippen LogP contribution < -0.4 is 5.32 Å². The summed E-state index contributed by atoms with van der Waals surface area (Å²) in [7, 11) is 1.29. The van der Waals surface area contributed by atoms with E-state index in [-0.39, 0.29) is 5.76 Å². The number of carbonyl (C=O) groups is 1. The predicted molar refractivity (Wildman–Crippen MR) is 51.4 cm³/mol. The van der Waals surface area contributed by atoms with Crippen molar-refractivity contribution in [3.8, 4) is 0 Å². The highest BCUT2D eigenvalue weighted by atomic mass is 16.5. The van der Waals surface area contributed by atoms with Crippen LogP contribution in [0.4, 0.5) is 0 Å². The molecule has 0 aliphatic carbocycles. The van der Waals surface area contributed by atoms with Gasteiger partial charge in [-0.3, -0.25) is 0 Å². The predicted octanol–water partition coefficient (Wildman–Crippen LogP) is 0.247. The fraction of sp³-hybridized carbons (Fsp3) is 0.500. The van der Waals surface area contributed by atoms with E-state index in [9.17, 15) is 9.90 Å². The average Bonchev–Trinajstić information content (AvgIpc) is 2.85. The van der Waals surface area contributed by atoms with Gasteiger partial charge in [-0.2, -0.15) is 0 Å². The molecule has 1 unspecified atom stereocenters. The molecule has 2 N–H and O–H groups in total. The number of methoxy groups -OCH3 is 1. The van der Waals surface area contributed by atoms with Gasteiger partial charge in [-0.05, 0) is 25.1 Å². The summed E-state index contributed by atoms with van der Waals surface area (Å²) < 4.78 is 9.77. The third kappa shape index (κ3) is 1.75. The Hall–Kier alpha value is -1.33. The van der Waals surface area contributed by atoms with Gasteiger partial charge < -0.3 is 19.6 Å². The summed E-state index contributed by atoms with van der Waals surface area (Å²) in [5, 5.41) is 13.2. The number of rotatable bonds is 2. The Kier molecular flexibility index (Phi) is 2.50. The molecular formula is C10H13NO4. The van der Waals surface area contributed by atoms with Gasteiger partial charge in [0.05, 0.1) is 7.11 Å². The van der Waals surface area contributed by atoms with Crippen molar-refractivity contribution < 1.29 is 19.1 Å². The Morgan fingerprint density at radius 3 is 3.07 bits per heavy atom. The van der Waals surface area contributed by atoms with Crippen LogP contribution in [0, 0.1) is 0 Å². The van der Waals surface area contributed by atoms with E-state index in [2.05, 4.69) is 10.1 Å². The van der Waals surface area contributed by atoms with Crippen molar-refractivity contribution >= 4 is 5.97 Å². The van der Waals surface area contributed by atoms with Gasteiger partial charge in [0.1, 0.15) is 11.4 Å². The third-order valence-electron chi connectivity index (χ3n) is 2.58. The number of esters is 1. The average molecular weight is 211 g/mol. The Labute approximate surface area is 87.0 Å². The molecule has 0 bridgehead atoms. The summed E-state index contributed by atoms with van der Waals surface area (Å²) in [5.41, 5.74) is -0.994. The second-order valence-electron chi connectivity index (χ2n) is 3.61. The normalized spacial score (nSPS) is 25.5. The van der Waals surface area contributed by atoms with Crippen molar-refractivity contribution in [3.05, 3.63) is 23.7 Å². The van der Waals surface area contributed by atoms with Gasteiger partial charge in [-0.25, -0.2) is 4.79 Å². The highest BCUT2D eigenvalue weighted by Gasteiger charge is 2.36. The van der Waals surface area contributed by atoms with Gasteiger partial charge in [0, 0.05) is 6.54 Å². The van der Waals surface area contributed by atoms with Crippen LogP contribution in [0.15, 0.2) is 16.5 Å². The summed E-state index contributed by atoms with van der Waals surface area (Å²) in [6.07, 6.45) is 0.584. The Balaban J connectivity index is 2.23. The highest BCUT2D eigenvalue weighted by molar-refractivity contribution is 5.86. The van der Waals surface area contributed by atoms with Crippen molar-refractivity contribution in [1.29, 1.82) is 0 Å². The van der Waals surface area contributed by atoms with Crippen molar-refractivity contribution in [2.75, 3.05) is 20.2 Å². The minimum absolute atomic E-state index is 0.118. The first-order chi connectivity index (χ1) is 7.15. The molecule has 1 aromatic heterocycles. The van der Waals surface area contributed by atoms with Crippen LogP contribution in [0.1, 0.15) is 22.7 Å². The molecular weight excluding hydrogens is 198 g/mol. The maximum absolute atomic E-state index is 11.1. The van der Waals surface area contributed by atoms with E-state index < -0.39 is 11.6 Å². The molecule has 1 aromatic rings. The minimum Gasteiger partial charge on any atom is -0.463 e. The molecule has 0 radical (unpaired) electrons. The third-order valence-corrected chi connectivity index (χ3v) is 2.58. The number of β-amino-alcohol motifs (C(OH)–C–C–N with tert-alkyl or cyclic N) is 1. The van der Waals surface area contributed by atoms with Gasteiger partial charge in [-0.15, -0.1) is 0 Å². The molecule has 15 heavy (non-hydrogen) atoms. The SMILES string of the molecule is COC(=O)c1ccc(C2(O)CCNC2)o1. The summed E-state index contributed by atoms with van der Waals surface area (Å²) in [4.78, 5) is 11.1. The molecule has 1 atom stereocenters. The van der Waals surface area contributed by atoms with Gasteiger partial charge in [0.15, 0.2) is 0 Å². The number of furan rings is 1. The van der Waals surface area contributed by atoms with E-state index in [1.165, 1.54) is 13.2 Å². The number of aliphatic hydroxyl groups is 1. The summed E-state index contributed by atoms with van der Waals surface area (Å²) in [5.74, 6) is -0.00321. The van der Waals surface area contributed by atoms with Crippen molar-refractivity contribution in [3.63, 3.8) is 0 Å². The Bertz CT molecular complexity index is 365. The van der Waals surface area contributed by atoms with Crippen LogP contribution in [-0.2, 0) is 10.3 Å². The van der Waals surface area contributed by atoms with Gasteiger partial charge in [0.2, 0.25) is 5.76 Å². The quantitative estimate of drug-likeness (QED) is 0.686. The fourth-order valence-corrected chi connectivity index (χ4v) is 1.69. The molecule has 1 saturated heterocycles. The van der Waals surface area contributed by atoms with Gasteiger partial charge >= 0.3 is 5.97 Å². The van der Waals surface area contributed by atoms with Gasteiger partial charge in [0.25, 0.3) is 0 Å². The molecule has 0 saturated carbocycles. The Morgan fingerprint density at radius 2 is 2.47 bits per heavy atom. The van der Waals surface area contributed by atoms with Crippen LogP contribution in [0.3, 0.4) is 0 Å². The monoisotopic (exact) mass is 211 g/mol. The molecule has 5 nitrogen and oxygen atoms in total. The zero-order valence-corrected chi connectivity index (χ0v) is 8.45. The van der Waals surface area contributed by atoms with Crippen molar-refractivity contribution in [2.24, 2.45) is 0 Å². The zero-order valence-electron chi connectivity index (χ0n) is 8.45. The maximum atomic E-state index is 11.1. The van der Waals surface area contributed by atoms with E-state index in [0.717, 1.165) is 6.54 Å². The molecule has 2 rings (SSSR count). The molecule has 82 valence electrons. The second-order valence-corrected chi connectivity index (χ2v) is 3.61. The molecule has 2 heterocycles. The first kappa shape index (κ1) is 10.2. The standard InChI is InChI=1S/C10H13NO4/c1-14-9(12)7-2-3-8(15-7)10(13)4-5-11-6-10/h2-3,11,13H,4-6H2,1H3. The largest absolute Gasteiger partial charge is 0.463 e. The van der Waals surface area contributed by atoms with Crippen molar-refractivity contribution in [1.82, 2.24) is 5.32 Å². The lowest BCUT2D eigenvalue weighted by Gasteiger charge is -2.17. The molecule has 0 amide bonds. The number of carbonyl (C=O) groups excluding carboxylic acids is 1. The van der Waals surface area contributed by atoms with E-state index in [0.29, 0.717) is 18.7 Å². The number of nitrogens with one attached hydrogen (secondary N) is 1. The molecule has 1 fully saturated rings. The minimum atomic E-state index is -0.994. The second kappa shape index (κ2) is 3.67. The van der Waals surface area contributed by atoms with E-state index in [4.69, 9.17) is 4.42 Å². The summed E-state index contributed by atoms with van der Waals surface area (Å²) in [6.45, 7) is 1.19. The molecule has 1 aliphatic heterocycles. The lowest BCUT2D eigenvalue weighted by atomic mass is 10.0. The first-order valence-electron chi connectivity index (χ1n) is 4.77. The first-order valence-corrected chi connectivity index (χ1v) is 4.77. The van der Waals surface area contributed by atoms with Crippen LogP contribution in [0.25, 0.3) is 0 Å². The summed E-state index contributed by atoms with van der Waals surface area (Å²) in [6, 6.07) is 3.12. The number of hydrogen-bond donors (Lipinski definition) is 2. The smallest absolute Gasteiger partial charge is 0.373 e. The molecule has 1 aliphatic rings. The lowest BCUT2D eigenvalue weighted by Crippen LogP contribution is -2.27. The van der Waals surface area contributed by atoms with Crippen molar-refractivity contribution in [2.45, 2.75) is 12.0 Å². The maximum Gasteiger partial charge on any atom is 0.373 e. The van der Waals surface area contributed by atoms with E-state index in [1.54, 1.807) is 6.07 Å². The molecule has 0 spiro atoms. The number of ether oxygens (including phenoxy) is 1.